The number of carbonyl (C=O) groups is 1. The second-order valence-corrected chi connectivity index (χ2v) is 5.94. The Hall–Kier alpha value is -0.650. The van der Waals surface area contributed by atoms with Gasteiger partial charge >= 0.3 is 5.97 Å². The van der Waals surface area contributed by atoms with E-state index in [0.717, 1.165) is 70.6 Å². The van der Waals surface area contributed by atoms with Gasteiger partial charge < -0.3 is 19.7 Å². The summed E-state index contributed by atoms with van der Waals surface area (Å²) in [4.78, 5) is 12.1. The van der Waals surface area contributed by atoms with Crippen molar-refractivity contribution in [3.63, 3.8) is 0 Å². The number of unbranched alkanes of at least 4 members (excludes halogenated alkanes) is 7. The molecule has 1 unspecified atom stereocenters. The van der Waals surface area contributed by atoms with Gasteiger partial charge in [-0.3, -0.25) is 0 Å². The first-order valence-electron chi connectivity index (χ1n) is 9.26. The van der Waals surface area contributed by atoms with Gasteiger partial charge in [-0.05, 0) is 38.5 Å². The third-order valence-electron chi connectivity index (χ3n) is 3.75. The molecule has 0 aromatic rings. The molecule has 2 N–H and O–H groups in total. The van der Waals surface area contributed by atoms with Crippen molar-refractivity contribution < 1.29 is 24.5 Å². The minimum Gasteiger partial charge on any atom is -0.464 e. The third kappa shape index (κ3) is 14.7. The number of carbonyl (C=O) groups excluding carboxylic acids is 1. The fraction of sp³-hybridized carbons (Fsp3) is 0.944. The van der Waals surface area contributed by atoms with E-state index in [2.05, 4.69) is 6.92 Å². The van der Waals surface area contributed by atoms with Gasteiger partial charge in [0.05, 0.1) is 6.61 Å². The fourth-order valence-electron chi connectivity index (χ4n) is 2.28. The molecular formula is C18H36O5. The molecule has 0 aromatic heterocycles. The Morgan fingerprint density at radius 1 is 0.826 bits per heavy atom. The average molecular weight is 332 g/mol. The van der Waals surface area contributed by atoms with Crippen molar-refractivity contribution in [3.05, 3.63) is 0 Å². The maximum Gasteiger partial charge on any atom is 0.335 e. The van der Waals surface area contributed by atoms with E-state index < -0.39 is 6.10 Å². The first-order chi connectivity index (χ1) is 11.3. The fourth-order valence-corrected chi connectivity index (χ4v) is 2.28. The van der Waals surface area contributed by atoms with Gasteiger partial charge in [-0.25, -0.2) is 4.79 Å². The summed E-state index contributed by atoms with van der Waals surface area (Å²) in [5, 5.41) is 17.4. The number of esters is 1. The lowest BCUT2D eigenvalue weighted by atomic mass is 10.1. The first kappa shape index (κ1) is 22.4. The van der Waals surface area contributed by atoms with Gasteiger partial charge in [0.1, 0.15) is 0 Å². The normalized spacial score (nSPS) is 12.3. The zero-order valence-electron chi connectivity index (χ0n) is 14.8. The van der Waals surface area contributed by atoms with Crippen LogP contribution in [0, 0.1) is 0 Å². The third-order valence-corrected chi connectivity index (χ3v) is 3.75. The summed E-state index contributed by atoms with van der Waals surface area (Å²) in [5.74, 6) is -0.240. The predicted molar refractivity (Wildman–Crippen MR) is 91.3 cm³/mol. The van der Waals surface area contributed by atoms with Gasteiger partial charge in [0.25, 0.3) is 0 Å². The molecule has 0 fully saturated rings. The molecule has 0 amide bonds. The van der Waals surface area contributed by atoms with E-state index in [9.17, 15) is 4.79 Å². The second kappa shape index (κ2) is 17.7. The van der Waals surface area contributed by atoms with Crippen LogP contribution >= 0.6 is 0 Å². The van der Waals surface area contributed by atoms with E-state index in [1.54, 1.807) is 0 Å². The quantitative estimate of drug-likeness (QED) is 0.316. The molecule has 0 saturated heterocycles. The molecule has 1 atom stereocenters. The van der Waals surface area contributed by atoms with Gasteiger partial charge in [-0.1, -0.05) is 39.0 Å². The van der Waals surface area contributed by atoms with Crippen LogP contribution in [0.15, 0.2) is 0 Å². The number of hydrogen-bond acceptors (Lipinski definition) is 5. The molecule has 0 aromatic carbocycles. The highest BCUT2D eigenvalue weighted by molar-refractivity contribution is 5.74. The van der Waals surface area contributed by atoms with Gasteiger partial charge in [0.2, 0.25) is 0 Å². The molecule has 0 aliphatic rings. The van der Waals surface area contributed by atoms with E-state index in [-0.39, 0.29) is 19.2 Å². The van der Waals surface area contributed by atoms with Crippen LogP contribution in [-0.4, -0.2) is 48.7 Å². The minimum atomic E-state index is -0.440. The Balaban J connectivity index is 3.84. The molecule has 0 heterocycles. The van der Waals surface area contributed by atoms with Crippen molar-refractivity contribution in [2.24, 2.45) is 0 Å². The van der Waals surface area contributed by atoms with E-state index in [1.165, 1.54) is 0 Å². The van der Waals surface area contributed by atoms with E-state index in [0.29, 0.717) is 13.2 Å². The zero-order chi connectivity index (χ0) is 17.2. The van der Waals surface area contributed by atoms with Crippen LogP contribution in [0.5, 0.6) is 0 Å². The van der Waals surface area contributed by atoms with Crippen molar-refractivity contribution in [1.82, 2.24) is 0 Å². The standard InChI is InChI=1S/C18H36O5/c1-2-3-12-17(22-15-10-6-4-8-13-19)18(21)23-16-11-7-5-9-14-20/h17,19-20H,2-16H2,1H3. The van der Waals surface area contributed by atoms with Crippen molar-refractivity contribution in [2.75, 3.05) is 26.4 Å². The summed E-state index contributed by atoms with van der Waals surface area (Å²) >= 11 is 0. The Morgan fingerprint density at radius 2 is 1.39 bits per heavy atom. The highest BCUT2D eigenvalue weighted by Gasteiger charge is 2.19. The summed E-state index contributed by atoms with van der Waals surface area (Å²) in [6.07, 6.45) is 9.62. The van der Waals surface area contributed by atoms with Crippen LogP contribution in [0.3, 0.4) is 0 Å². The lowest BCUT2D eigenvalue weighted by molar-refractivity contribution is -0.158. The molecule has 0 aliphatic carbocycles. The van der Waals surface area contributed by atoms with E-state index in [4.69, 9.17) is 19.7 Å². The number of ether oxygens (including phenoxy) is 2. The Labute approximate surface area is 141 Å². The number of aliphatic hydroxyl groups excluding tert-OH is 2. The molecule has 0 aliphatic heterocycles. The summed E-state index contributed by atoms with van der Waals surface area (Å²) in [6.45, 7) is 3.58. The topological polar surface area (TPSA) is 76.0 Å². The smallest absolute Gasteiger partial charge is 0.335 e. The molecule has 23 heavy (non-hydrogen) atoms. The number of rotatable bonds is 17. The lowest BCUT2D eigenvalue weighted by Gasteiger charge is -2.16. The molecule has 5 heteroatoms. The van der Waals surface area contributed by atoms with Crippen LogP contribution in [0.1, 0.15) is 77.6 Å². The van der Waals surface area contributed by atoms with Crippen molar-refractivity contribution in [2.45, 2.75) is 83.7 Å². The number of hydrogen-bond donors (Lipinski definition) is 2. The monoisotopic (exact) mass is 332 g/mol. The van der Waals surface area contributed by atoms with E-state index >= 15 is 0 Å². The summed E-state index contributed by atoms with van der Waals surface area (Å²) in [7, 11) is 0. The van der Waals surface area contributed by atoms with Crippen molar-refractivity contribution in [3.8, 4) is 0 Å². The highest BCUT2D eigenvalue weighted by Crippen LogP contribution is 2.10. The Morgan fingerprint density at radius 3 is 1.96 bits per heavy atom. The largest absolute Gasteiger partial charge is 0.464 e. The van der Waals surface area contributed by atoms with Gasteiger partial charge in [-0.2, -0.15) is 0 Å². The van der Waals surface area contributed by atoms with Crippen LogP contribution in [-0.2, 0) is 14.3 Å². The molecule has 0 rings (SSSR count). The molecule has 0 bridgehead atoms. The minimum absolute atomic E-state index is 0.227. The summed E-state index contributed by atoms with van der Waals surface area (Å²) in [6, 6.07) is 0. The first-order valence-corrected chi connectivity index (χ1v) is 9.26. The lowest BCUT2D eigenvalue weighted by Crippen LogP contribution is -2.27. The van der Waals surface area contributed by atoms with Gasteiger partial charge in [-0.15, -0.1) is 0 Å². The highest BCUT2D eigenvalue weighted by atomic mass is 16.6. The Bertz CT molecular complexity index is 258. The molecule has 0 radical (unpaired) electrons. The number of aliphatic hydroxyl groups is 2. The SMILES string of the molecule is CCCCC(OCCCCCCO)C(=O)OCCCCCCO. The van der Waals surface area contributed by atoms with E-state index in [1.807, 2.05) is 0 Å². The molecular weight excluding hydrogens is 296 g/mol. The van der Waals surface area contributed by atoms with Crippen LogP contribution in [0.4, 0.5) is 0 Å². The summed E-state index contributed by atoms with van der Waals surface area (Å²) in [5.41, 5.74) is 0. The van der Waals surface area contributed by atoms with Crippen LogP contribution in [0.2, 0.25) is 0 Å². The maximum atomic E-state index is 12.1. The summed E-state index contributed by atoms with van der Waals surface area (Å²) < 4.78 is 11.0. The molecule has 0 saturated carbocycles. The second-order valence-electron chi connectivity index (χ2n) is 5.94. The van der Waals surface area contributed by atoms with Crippen LogP contribution in [0.25, 0.3) is 0 Å². The van der Waals surface area contributed by atoms with Crippen LogP contribution < -0.4 is 0 Å². The van der Waals surface area contributed by atoms with Gasteiger partial charge in [0, 0.05) is 19.8 Å². The maximum absolute atomic E-state index is 12.1. The Kier molecular flexibility index (Phi) is 17.2. The predicted octanol–water partition coefficient (Wildman–Crippen LogP) is 3.21. The molecule has 0 spiro atoms. The average Bonchev–Trinajstić information content (AvgIpc) is 2.56. The molecule has 138 valence electrons. The molecule has 5 nitrogen and oxygen atoms in total. The van der Waals surface area contributed by atoms with Crippen molar-refractivity contribution in [1.29, 1.82) is 0 Å². The van der Waals surface area contributed by atoms with Gasteiger partial charge in [0.15, 0.2) is 6.10 Å². The van der Waals surface area contributed by atoms with Crippen molar-refractivity contribution >= 4 is 5.97 Å². The zero-order valence-corrected chi connectivity index (χ0v) is 14.8.